The molecule has 1 atom stereocenters. The van der Waals surface area contributed by atoms with Crippen molar-refractivity contribution >= 4 is 11.8 Å². The molecule has 0 bridgehead atoms. The number of hydrogen-bond donors (Lipinski definition) is 1. The van der Waals surface area contributed by atoms with Crippen molar-refractivity contribution in [2.24, 2.45) is 0 Å². The average Bonchev–Trinajstić information content (AvgIpc) is 3.48. The smallest absolute Gasteiger partial charge is 0.247 e. The monoisotopic (exact) mass is 574 g/mol. The number of nitrogens with one attached hydrogen (secondary N) is 1. The number of benzene rings is 3. The Morgan fingerprint density at radius 2 is 1.60 bits per heavy atom. The van der Waals surface area contributed by atoms with Gasteiger partial charge in [0.2, 0.25) is 17.6 Å². The molecule has 1 aliphatic carbocycles. The van der Waals surface area contributed by atoms with Crippen LogP contribution in [0, 0.1) is 11.6 Å². The third-order valence-corrected chi connectivity index (χ3v) is 7.43. The van der Waals surface area contributed by atoms with Gasteiger partial charge in [-0.25, -0.2) is 8.78 Å². The van der Waals surface area contributed by atoms with E-state index in [0.717, 1.165) is 37.7 Å². The van der Waals surface area contributed by atoms with Crippen LogP contribution in [0.25, 0.3) is 11.4 Å². The van der Waals surface area contributed by atoms with Crippen LogP contribution in [-0.4, -0.2) is 50.1 Å². The van der Waals surface area contributed by atoms with Crippen molar-refractivity contribution in [3.05, 3.63) is 95.6 Å². The van der Waals surface area contributed by atoms with Crippen molar-refractivity contribution in [3.8, 4) is 17.1 Å². The molecule has 11 heteroatoms. The Hall–Kier alpha value is -4.67. The highest BCUT2D eigenvalue weighted by molar-refractivity contribution is 5.89. The second kappa shape index (κ2) is 13.3. The van der Waals surface area contributed by atoms with E-state index in [4.69, 9.17) is 4.74 Å². The largest absolute Gasteiger partial charge is 0.497 e. The number of carbonyl (C=O) groups excluding carboxylic acids is 2. The van der Waals surface area contributed by atoms with E-state index in [-0.39, 0.29) is 48.4 Å². The van der Waals surface area contributed by atoms with Crippen molar-refractivity contribution in [3.63, 3.8) is 0 Å². The molecule has 5 rings (SSSR count). The summed E-state index contributed by atoms with van der Waals surface area (Å²) in [6.07, 6.45) is 4.47. The van der Waals surface area contributed by atoms with Crippen molar-refractivity contribution in [2.45, 2.75) is 57.3 Å². The van der Waals surface area contributed by atoms with Gasteiger partial charge in [0.1, 0.15) is 30.0 Å². The highest BCUT2D eigenvalue weighted by atomic mass is 19.1. The Morgan fingerprint density at radius 1 is 0.952 bits per heavy atom. The van der Waals surface area contributed by atoms with E-state index in [1.54, 1.807) is 48.4 Å². The second-order valence-electron chi connectivity index (χ2n) is 10.3. The molecule has 0 spiro atoms. The van der Waals surface area contributed by atoms with E-state index < -0.39 is 6.04 Å². The number of aromatic nitrogens is 4. The molecule has 0 unspecified atom stereocenters. The standard InChI is InChI=1S/C31H32F2N6O3/c1-42-27-17-11-22(12-18-27)29(31(41)34-19-21-7-13-24(32)14-8-21)39(26-5-3-2-4-6-26)28(40)20-38-36-30(35-37-38)23-9-15-25(33)16-10-23/h7-18,26,29H,2-6,19-20H2,1H3,(H,34,41)/t29-/m1/s1. The zero-order valence-electron chi connectivity index (χ0n) is 23.2. The first kappa shape index (κ1) is 28.8. The summed E-state index contributed by atoms with van der Waals surface area (Å²) in [5, 5.41) is 15.4. The quantitative estimate of drug-likeness (QED) is 0.291. The number of ether oxygens (including phenoxy) is 1. The van der Waals surface area contributed by atoms with Crippen molar-refractivity contribution in [2.75, 3.05) is 7.11 Å². The number of nitrogens with zero attached hydrogens (tertiary/aromatic N) is 5. The Balaban J connectivity index is 1.44. The van der Waals surface area contributed by atoms with E-state index in [9.17, 15) is 18.4 Å². The lowest BCUT2D eigenvalue weighted by Crippen LogP contribution is -2.50. The molecule has 0 radical (unpaired) electrons. The zero-order valence-corrected chi connectivity index (χ0v) is 23.2. The summed E-state index contributed by atoms with van der Waals surface area (Å²) in [5.74, 6) is -0.549. The molecule has 1 fully saturated rings. The van der Waals surface area contributed by atoms with E-state index in [1.165, 1.54) is 41.2 Å². The summed E-state index contributed by atoms with van der Waals surface area (Å²) < 4.78 is 32.1. The summed E-state index contributed by atoms with van der Waals surface area (Å²) in [5.41, 5.74) is 1.93. The number of halogens is 2. The van der Waals surface area contributed by atoms with Crippen LogP contribution in [0.1, 0.15) is 49.3 Å². The molecular weight excluding hydrogens is 542 g/mol. The maximum absolute atomic E-state index is 14.1. The van der Waals surface area contributed by atoms with Gasteiger partial charge in [0.15, 0.2) is 0 Å². The van der Waals surface area contributed by atoms with Crippen molar-refractivity contribution in [1.29, 1.82) is 0 Å². The predicted molar refractivity (Wildman–Crippen MR) is 151 cm³/mol. The van der Waals surface area contributed by atoms with Crippen LogP contribution in [0.4, 0.5) is 8.78 Å². The van der Waals surface area contributed by atoms with Crippen LogP contribution in [0.15, 0.2) is 72.8 Å². The molecule has 2 amide bonds. The first-order valence-electron chi connectivity index (χ1n) is 13.9. The van der Waals surface area contributed by atoms with E-state index >= 15 is 0 Å². The molecule has 1 aliphatic rings. The van der Waals surface area contributed by atoms with Gasteiger partial charge in [0, 0.05) is 18.2 Å². The van der Waals surface area contributed by atoms with Gasteiger partial charge in [0.05, 0.1) is 7.11 Å². The topological polar surface area (TPSA) is 102 Å². The van der Waals surface area contributed by atoms with Gasteiger partial charge in [-0.1, -0.05) is 43.5 Å². The summed E-state index contributed by atoms with van der Waals surface area (Å²) in [6.45, 7) is -0.0628. The number of methoxy groups -OCH3 is 1. The lowest BCUT2D eigenvalue weighted by Gasteiger charge is -2.39. The number of tetrazole rings is 1. The number of rotatable bonds is 10. The minimum Gasteiger partial charge on any atom is -0.497 e. The van der Waals surface area contributed by atoms with Gasteiger partial charge >= 0.3 is 0 Å². The third-order valence-electron chi connectivity index (χ3n) is 7.43. The van der Waals surface area contributed by atoms with E-state index in [1.807, 2.05) is 0 Å². The first-order chi connectivity index (χ1) is 20.4. The fraction of sp³-hybridized carbons (Fsp3) is 0.323. The number of carbonyl (C=O) groups is 2. The minimum absolute atomic E-state index is 0.171. The lowest BCUT2D eigenvalue weighted by molar-refractivity contribution is -0.145. The first-order valence-corrected chi connectivity index (χ1v) is 13.9. The Labute approximate surface area is 242 Å². The fourth-order valence-electron chi connectivity index (χ4n) is 5.26. The third kappa shape index (κ3) is 6.96. The fourth-order valence-corrected chi connectivity index (χ4v) is 5.26. The number of hydrogen-bond acceptors (Lipinski definition) is 6. The molecule has 0 aliphatic heterocycles. The summed E-state index contributed by atoms with van der Waals surface area (Å²) in [6, 6.07) is 17.5. The van der Waals surface area contributed by atoms with Crippen molar-refractivity contribution < 1.29 is 23.1 Å². The van der Waals surface area contributed by atoms with E-state index in [0.29, 0.717) is 16.9 Å². The average molecular weight is 575 g/mol. The van der Waals surface area contributed by atoms with Gasteiger partial charge < -0.3 is 15.0 Å². The Bertz CT molecular complexity index is 1490. The number of amides is 2. The molecule has 42 heavy (non-hydrogen) atoms. The summed E-state index contributed by atoms with van der Waals surface area (Å²) in [4.78, 5) is 30.8. The molecule has 0 saturated heterocycles. The van der Waals surface area contributed by atoms with Gasteiger partial charge in [0.25, 0.3) is 0 Å². The summed E-state index contributed by atoms with van der Waals surface area (Å²) >= 11 is 0. The zero-order chi connectivity index (χ0) is 29.5. The van der Waals surface area contributed by atoms with Crippen molar-refractivity contribution in [1.82, 2.24) is 30.4 Å². The SMILES string of the molecule is COc1ccc([C@H](C(=O)NCc2ccc(F)cc2)N(C(=O)Cn2nnc(-c3ccc(F)cc3)n2)C2CCCCC2)cc1. The van der Waals surface area contributed by atoms with Crippen LogP contribution < -0.4 is 10.1 Å². The van der Waals surface area contributed by atoms with Crippen LogP contribution in [0.3, 0.4) is 0 Å². The molecule has 1 heterocycles. The van der Waals surface area contributed by atoms with Crippen LogP contribution >= 0.6 is 0 Å². The lowest BCUT2D eigenvalue weighted by atomic mass is 9.91. The Morgan fingerprint density at radius 3 is 2.24 bits per heavy atom. The summed E-state index contributed by atoms with van der Waals surface area (Å²) in [7, 11) is 1.56. The minimum atomic E-state index is -0.938. The molecule has 1 aromatic heterocycles. The highest BCUT2D eigenvalue weighted by Gasteiger charge is 2.37. The molecule has 4 aromatic rings. The normalized spacial score (nSPS) is 14.3. The van der Waals surface area contributed by atoms with Gasteiger partial charge in [-0.05, 0) is 77.7 Å². The maximum atomic E-state index is 14.1. The van der Waals surface area contributed by atoms with Gasteiger partial charge in [-0.15, -0.1) is 10.2 Å². The second-order valence-corrected chi connectivity index (χ2v) is 10.3. The molecular formula is C31H32F2N6O3. The van der Waals surface area contributed by atoms with Gasteiger partial charge in [-0.2, -0.15) is 4.80 Å². The molecule has 1 saturated carbocycles. The Kier molecular flexibility index (Phi) is 9.15. The van der Waals surface area contributed by atoms with Crippen LogP contribution in [0.5, 0.6) is 5.75 Å². The van der Waals surface area contributed by atoms with Crippen LogP contribution in [-0.2, 0) is 22.7 Å². The van der Waals surface area contributed by atoms with E-state index in [2.05, 4.69) is 20.7 Å². The van der Waals surface area contributed by atoms with Crippen LogP contribution in [0.2, 0.25) is 0 Å². The highest BCUT2D eigenvalue weighted by Crippen LogP contribution is 2.32. The predicted octanol–water partition coefficient (Wildman–Crippen LogP) is 4.85. The molecule has 9 nitrogen and oxygen atoms in total. The maximum Gasteiger partial charge on any atom is 0.247 e. The molecule has 1 N–H and O–H groups in total. The molecule has 218 valence electrons. The van der Waals surface area contributed by atoms with Gasteiger partial charge in [-0.3, -0.25) is 9.59 Å². The molecule has 3 aromatic carbocycles.